The summed E-state index contributed by atoms with van der Waals surface area (Å²) >= 11 is 11.5. The van der Waals surface area contributed by atoms with Gasteiger partial charge in [0.25, 0.3) is 5.91 Å². The molecule has 0 bridgehead atoms. The van der Waals surface area contributed by atoms with Crippen molar-refractivity contribution in [3.63, 3.8) is 0 Å². The summed E-state index contributed by atoms with van der Waals surface area (Å²) in [5.41, 5.74) is 2.77. The summed E-state index contributed by atoms with van der Waals surface area (Å²) in [7, 11) is 0. The smallest absolute Gasteiger partial charge is 0.267 e. The summed E-state index contributed by atoms with van der Waals surface area (Å²) in [5.74, 6) is -0.334. The molecule has 0 heterocycles. The van der Waals surface area contributed by atoms with Crippen molar-refractivity contribution in [2.45, 2.75) is 6.92 Å². The number of carbonyl (C=O) groups is 1. The van der Waals surface area contributed by atoms with Crippen LogP contribution < -0.4 is 5.43 Å². The van der Waals surface area contributed by atoms with Crippen LogP contribution in [0.15, 0.2) is 35.5 Å². The maximum Gasteiger partial charge on any atom is 0.271 e. The van der Waals surface area contributed by atoms with Gasteiger partial charge in [-0.15, -0.1) is 0 Å². The third-order valence-electron chi connectivity index (χ3n) is 1.70. The Bertz CT molecular complexity index is 442. The average molecular weight is 257 g/mol. The second-order valence-corrected chi connectivity index (χ2v) is 3.69. The van der Waals surface area contributed by atoms with E-state index < -0.39 is 0 Å². The minimum absolute atomic E-state index is 0.334. The molecule has 0 aliphatic heterocycles. The molecule has 0 unspecified atom stereocenters. The lowest BCUT2D eigenvalue weighted by Crippen LogP contribution is -2.17. The molecular weight excluding hydrogens is 247 g/mol. The van der Waals surface area contributed by atoms with Crippen LogP contribution in [0.3, 0.4) is 0 Å². The summed E-state index contributed by atoms with van der Waals surface area (Å²) in [6.07, 6.45) is 4.99. The van der Waals surface area contributed by atoms with Crippen molar-refractivity contribution >= 4 is 35.3 Å². The van der Waals surface area contributed by atoms with E-state index in [-0.39, 0.29) is 5.91 Å². The first-order valence-corrected chi connectivity index (χ1v) is 5.30. The van der Waals surface area contributed by atoms with Gasteiger partial charge in [0.15, 0.2) is 0 Å². The van der Waals surface area contributed by atoms with E-state index in [1.165, 1.54) is 12.3 Å². The van der Waals surface area contributed by atoms with Gasteiger partial charge in [-0.1, -0.05) is 29.3 Å². The van der Waals surface area contributed by atoms with Crippen molar-refractivity contribution in [2.24, 2.45) is 5.10 Å². The minimum atomic E-state index is -0.334. The lowest BCUT2D eigenvalue weighted by atomic mass is 10.2. The van der Waals surface area contributed by atoms with Gasteiger partial charge in [-0.3, -0.25) is 4.79 Å². The van der Waals surface area contributed by atoms with Crippen LogP contribution in [-0.4, -0.2) is 12.1 Å². The zero-order valence-electron chi connectivity index (χ0n) is 8.58. The van der Waals surface area contributed by atoms with Crippen LogP contribution in [0.25, 0.3) is 0 Å². The van der Waals surface area contributed by atoms with Gasteiger partial charge in [0.2, 0.25) is 0 Å². The fraction of sp³-hybridized carbons (Fsp3) is 0.0909. The second kappa shape index (κ2) is 6.30. The molecule has 16 heavy (non-hydrogen) atoms. The van der Waals surface area contributed by atoms with Gasteiger partial charge in [-0.25, -0.2) is 5.43 Å². The highest BCUT2D eigenvalue weighted by molar-refractivity contribution is 6.42. The largest absolute Gasteiger partial charge is 0.271 e. The highest BCUT2D eigenvalue weighted by Crippen LogP contribution is 2.22. The molecule has 0 saturated heterocycles. The van der Waals surface area contributed by atoms with Crippen LogP contribution in [0.5, 0.6) is 0 Å². The number of halogens is 2. The van der Waals surface area contributed by atoms with E-state index in [0.29, 0.717) is 15.6 Å². The molecule has 3 nitrogen and oxygen atoms in total. The third-order valence-corrected chi connectivity index (χ3v) is 2.44. The Hall–Kier alpha value is -1.32. The predicted molar refractivity (Wildman–Crippen MR) is 67.2 cm³/mol. The van der Waals surface area contributed by atoms with Crippen LogP contribution in [0.4, 0.5) is 0 Å². The Morgan fingerprint density at radius 2 is 2.12 bits per heavy atom. The fourth-order valence-corrected chi connectivity index (χ4v) is 1.23. The van der Waals surface area contributed by atoms with Crippen molar-refractivity contribution in [3.05, 3.63) is 46.0 Å². The Balaban J connectivity index is 2.70. The highest BCUT2D eigenvalue weighted by Gasteiger charge is 2.06. The van der Waals surface area contributed by atoms with Gasteiger partial charge in [-0.2, -0.15) is 5.10 Å². The summed E-state index contributed by atoms with van der Waals surface area (Å²) in [4.78, 5) is 11.5. The lowest BCUT2D eigenvalue weighted by Gasteiger charge is -2.01. The third kappa shape index (κ3) is 3.68. The molecule has 84 valence electrons. The van der Waals surface area contributed by atoms with Crippen LogP contribution >= 0.6 is 23.2 Å². The Morgan fingerprint density at radius 1 is 1.38 bits per heavy atom. The second-order valence-electron chi connectivity index (χ2n) is 2.87. The minimum Gasteiger partial charge on any atom is -0.267 e. The van der Waals surface area contributed by atoms with E-state index in [2.05, 4.69) is 10.5 Å². The molecule has 0 aliphatic rings. The number of allylic oxidation sites excluding steroid dienone is 2. The number of hydrazone groups is 1. The van der Waals surface area contributed by atoms with Crippen molar-refractivity contribution in [2.75, 3.05) is 0 Å². The molecule has 0 aliphatic carbocycles. The molecule has 1 N–H and O–H groups in total. The Labute approximate surface area is 104 Å². The van der Waals surface area contributed by atoms with Crippen LogP contribution in [0, 0.1) is 0 Å². The highest BCUT2D eigenvalue weighted by atomic mass is 35.5. The topological polar surface area (TPSA) is 41.5 Å². The molecule has 1 rings (SSSR count). The van der Waals surface area contributed by atoms with Gasteiger partial charge < -0.3 is 0 Å². The van der Waals surface area contributed by atoms with Crippen molar-refractivity contribution in [3.8, 4) is 0 Å². The van der Waals surface area contributed by atoms with Crippen molar-refractivity contribution in [1.82, 2.24) is 5.43 Å². The number of hydrogen-bond acceptors (Lipinski definition) is 2. The van der Waals surface area contributed by atoms with Crippen LogP contribution in [0.2, 0.25) is 10.0 Å². The number of amides is 1. The first kappa shape index (κ1) is 12.7. The van der Waals surface area contributed by atoms with Gasteiger partial charge in [0, 0.05) is 11.8 Å². The number of carbonyl (C=O) groups excluding carboxylic acids is 1. The molecule has 1 aromatic carbocycles. The summed E-state index contributed by atoms with van der Waals surface area (Å²) in [5, 5.41) is 4.45. The number of nitrogens with one attached hydrogen (secondary N) is 1. The molecule has 0 atom stereocenters. The SMILES string of the molecule is C/C=C/C=N\NC(=O)c1ccc(Cl)c(Cl)c1. The summed E-state index contributed by atoms with van der Waals surface area (Å²) < 4.78 is 0. The Morgan fingerprint density at radius 3 is 2.75 bits per heavy atom. The number of benzene rings is 1. The summed E-state index contributed by atoms with van der Waals surface area (Å²) in [6, 6.07) is 4.63. The summed E-state index contributed by atoms with van der Waals surface area (Å²) in [6.45, 7) is 1.85. The molecule has 0 radical (unpaired) electrons. The zero-order chi connectivity index (χ0) is 12.0. The van der Waals surface area contributed by atoms with E-state index in [9.17, 15) is 4.79 Å². The average Bonchev–Trinajstić information content (AvgIpc) is 2.28. The van der Waals surface area contributed by atoms with Crippen molar-refractivity contribution in [1.29, 1.82) is 0 Å². The van der Waals surface area contributed by atoms with Crippen LogP contribution in [-0.2, 0) is 0 Å². The number of nitrogens with zero attached hydrogens (tertiary/aromatic N) is 1. The molecular formula is C11H10Cl2N2O. The number of rotatable bonds is 3. The standard InChI is InChI=1S/C11H10Cl2N2O/c1-2-3-6-14-15-11(16)8-4-5-9(12)10(13)7-8/h2-7H,1H3,(H,15,16)/b3-2+,14-6-. The van der Waals surface area contributed by atoms with Crippen LogP contribution in [0.1, 0.15) is 17.3 Å². The first-order valence-electron chi connectivity index (χ1n) is 4.55. The van der Waals surface area contributed by atoms with E-state index in [0.717, 1.165) is 0 Å². The zero-order valence-corrected chi connectivity index (χ0v) is 10.1. The molecule has 0 spiro atoms. The van der Waals surface area contributed by atoms with E-state index in [1.54, 1.807) is 24.3 Å². The normalized spacial score (nSPS) is 11.2. The van der Waals surface area contributed by atoms with E-state index >= 15 is 0 Å². The molecule has 1 amide bonds. The van der Waals surface area contributed by atoms with Gasteiger partial charge in [-0.05, 0) is 31.2 Å². The Kier molecular flexibility index (Phi) is 5.02. The maximum absolute atomic E-state index is 11.5. The van der Waals surface area contributed by atoms with Gasteiger partial charge >= 0.3 is 0 Å². The maximum atomic E-state index is 11.5. The fourth-order valence-electron chi connectivity index (χ4n) is 0.927. The monoisotopic (exact) mass is 256 g/mol. The first-order chi connectivity index (χ1) is 7.65. The number of hydrogen-bond donors (Lipinski definition) is 1. The molecule has 0 saturated carbocycles. The predicted octanol–water partition coefficient (Wildman–Crippen LogP) is 3.29. The molecule has 1 aromatic rings. The molecule has 0 fully saturated rings. The molecule has 5 heteroatoms. The molecule has 0 aromatic heterocycles. The van der Waals surface area contributed by atoms with Gasteiger partial charge in [0.05, 0.1) is 10.0 Å². The van der Waals surface area contributed by atoms with Crippen molar-refractivity contribution < 1.29 is 4.79 Å². The van der Waals surface area contributed by atoms with E-state index in [4.69, 9.17) is 23.2 Å². The quantitative estimate of drug-likeness (QED) is 0.655. The van der Waals surface area contributed by atoms with Gasteiger partial charge in [0.1, 0.15) is 0 Å². The van der Waals surface area contributed by atoms with E-state index in [1.807, 2.05) is 6.92 Å². The lowest BCUT2D eigenvalue weighted by molar-refractivity contribution is 0.0955.